The van der Waals surface area contributed by atoms with Gasteiger partial charge in [0.15, 0.2) is 0 Å². The van der Waals surface area contributed by atoms with E-state index in [0.717, 1.165) is 30.2 Å². The molecule has 1 aromatic rings. The van der Waals surface area contributed by atoms with E-state index in [-0.39, 0.29) is 6.61 Å². The molecule has 0 saturated heterocycles. The standard InChI is InChI=1S/C17H30N2O/c1-5-7-9-19(10-8-6-2)17-12-15(13-20)11-16(18-17)14(3)4/h11-12,14,20H,5-10,13H2,1-4H3. The Labute approximate surface area is 124 Å². The van der Waals surface area contributed by atoms with Gasteiger partial charge < -0.3 is 10.0 Å². The number of hydrogen-bond acceptors (Lipinski definition) is 3. The molecule has 0 radical (unpaired) electrons. The number of anilines is 1. The van der Waals surface area contributed by atoms with Crippen molar-refractivity contribution in [3.8, 4) is 0 Å². The average Bonchev–Trinajstić information content (AvgIpc) is 2.46. The molecule has 3 nitrogen and oxygen atoms in total. The van der Waals surface area contributed by atoms with Gasteiger partial charge in [0.2, 0.25) is 0 Å². The number of nitrogens with zero attached hydrogens (tertiary/aromatic N) is 2. The van der Waals surface area contributed by atoms with E-state index in [4.69, 9.17) is 4.98 Å². The van der Waals surface area contributed by atoms with E-state index < -0.39 is 0 Å². The molecule has 0 amide bonds. The summed E-state index contributed by atoms with van der Waals surface area (Å²) in [7, 11) is 0. The summed E-state index contributed by atoms with van der Waals surface area (Å²) in [5.74, 6) is 1.42. The van der Waals surface area contributed by atoms with Crippen LogP contribution in [0.4, 0.5) is 5.82 Å². The molecule has 1 N–H and O–H groups in total. The summed E-state index contributed by atoms with van der Waals surface area (Å²) in [4.78, 5) is 7.17. The summed E-state index contributed by atoms with van der Waals surface area (Å²) in [5.41, 5.74) is 2.04. The van der Waals surface area contributed by atoms with Crippen molar-refractivity contribution in [1.82, 2.24) is 4.98 Å². The lowest BCUT2D eigenvalue weighted by molar-refractivity contribution is 0.281. The van der Waals surface area contributed by atoms with Gasteiger partial charge in [-0.15, -0.1) is 0 Å². The Kier molecular flexibility index (Phi) is 7.60. The molecule has 0 aromatic carbocycles. The van der Waals surface area contributed by atoms with Gasteiger partial charge in [0, 0.05) is 18.8 Å². The monoisotopic (exact) mass is 278 g/mol. The molecule has 3 heteroatoms. The number of aromatic nitrogens is 1. The van der Waals surface area contributed by atoms with Crippen LogP contribution in [0.5, 0.6) is 0 Å². The molecule has 0 aliphatic rings. The first kappa shape index (κ1) is 17.0. The molecule has 114 valence electrons. The zero-order chi connectivity index (χ0) is 15.0. The number of aliphatic hydroxyl groups is 1. The second-order valence-corrected chi connectivity index (χ2v) is 5.77. The van der Waals surface area contributed by atoms with Crippen LogP contribution in [0.25, 0.3) is 0 Å². The first-order chi connectivity index (χ1) is 9.62. The zero-order valence-electron chi connectivity index (χ0n) is 13.5. The number of pyridine rings is 1. The minimum absolute atomic E-state index is 0.0879. The summed E-state index contributed by atoms with van der Waals surface area (Å²) in [6, 6.07) is 4.06. The van der Waals surface area contributed by atoms with Crippen LogP contribution >= 0.6 is 0 Å². The topological polar surface area (TPSA) is 36.4 Å². The molecule has 0 atom stereocenters. The summed E-state index contributed by atoms with van der Waals surface area (Å²) in [5, 5.41) is 9.46. The smallest absolute Gasteiger partial charge is 0.129 e. The van der Waals surface area contributed by atoms with Gasteiger partial charge in [0.1, 0.15) is 5.82 Å². The number of rotatable bonds is 9. The average molecular weight is 278 g/mol. The van der Waals surface area contributed by atoms with Crippen LogP contribution in [0.15, 0.2) is 12.1 Å². The summed E-state index contributed by atoms with van der Waals surface area (Å²) in [6.07, 6.45) is 4.76. The maximum atomic E-state index is 9.46. The molecule has 0 bridgehead atoms. The van der Waals surface area contributed by atoms with Crippen molar-refractivity contribution < 1.29 is 5.11 Å². The maximum Gasteiger partial charge on any atom is 0.129 e. The lowest BCUT2D eigenvalue weighted by Gasteiger charge is -2.25. The highest BCUT2D eigenvalue weighted by molar-refractivity contribution is 5.43. The van der Waals surface area contributed by atoms with Crippen LogP contribution in [0.3, 0.4) is 0 Å². The van der Waals surface area contributed by atoms with Gasteiger partial charge in [-0.2, -0.15) is 0 Å². The Morgan fingerprint density at radius 1 is 1.10 bits per heavy atom. The quantitative estimate of drug-likeness (QED) is 0.738. The number of unbranched alkanes of at least 4 members (excludes halogenated alkanes) is 2. The molecule has 0 unspecified atom stereocenters. The fourth-order valence-corrected chi connectivity index (χ4v) is 2.18. The van der Waals surface area contributed by atoms with Crippen LogP contribution in [0.2, 0.25) is 0 Å². The molecule has 1 heterocycles. The van der Waals surface area contributed by atoms with Crippen LogP contribution in [-0.4, -0.2) is 23.2 Å². The highest BCUT2D eigenvalue weighted by atomic mass is 16.3. The largest absolute Gasteiger partial charge is 0.392 e. The van der Waals surface area contributed by atoms with Crippen molar-refractivity contribution >= 4 is 5.82 Å². The van der Waals surface area contributed by atoms with E-state index in [1.165, 1.54) is 25.7 Å². The summed E-state index contributed by atoms with van der Waals surface area (Å²) >= 11 is 0. The third kappa shape index (κ3) is 5.12. The predicted molar refractivity (Wildman–Crippen MR) is 86.3 cm³/mol. The normalized spacial score (nSPS) is 11.1. The molecule has 0 fully saturated rings. The Balaban J connectivity index is 2.99. The van der Waals surface area contributed by atoms with Gasteiger partial charge in [-0.25, -0.2) is 4.98 Å². The van der Waals surface area contributed by atoms with Gasteiger partial charge in [-0.3, -0.25) is 0 Å². The van der Waals surface area contributed by atoms with Crippen LogP contribution in [0, 0.1) is 0 Å². The van der Waals surface area contributed by atoms with Gasteiger partial charge in [0.05, 0.1) is 6.61 Å². The van der Waals surface area contributed by atoms with Crippen molar-refractivity contribution in [3.63, 3.8) is 0 Å². The fourth-order valence-electron chi connectivity index (χ4n) is 2.18. The Morgan fingerprint density at radius 3 is 2.15 bits per heavy atom. The van der Waals surface area contributed by atoms with Crippen molar-refractivity contribution in [2.75, 3.05) is 18.0 Å². The third-order valence-electron chi connectivity index (χ3n) is 3.55. The van der Waals surface area contributed by atoms with Gasteiger partial charge in [-0.05, 0) is 36.5 Å². The molecule has 0 aliphatic carbocycles. The Hall–Kier alpha value is -1.09. The van der Waals surface area contributed by atoms with Gasteiger partial charge >= 0.3 is 0 Å². The van der Waals surface area contributed by atoms with Crippen molar-refractivity contribution in [3.05, 3.63) is 23.4 Å². The molecule has 20 heavy (non-hydrogen) atoms. The molecule has 0 spiro atoms. The van der Waals surface area contributed by atoms with Crippen molar-refractivity contribution in [2.24, 2.45) is 0 Å². The molecular formula is C17H30N2O. The van der Waals surface area contributed by atoms with Crippen LogP contribution < -0.4 is 4.90 Å². The van der Waals surface area contributed by atoms with E-state index in [9.17, 15) is 5.11 Å². The predicted octanol–water partition coefficient (Wildman–Crippen LogP) is 4.10. The number of hydrogen-bond donors (Lipinski definition) is 1. The van der Waals surface area contributed by atoms with Crippen molar-refractivity contribution in [1.29, 1.82) is 0 Å². The summed E-state index contributed by atoms with van der Waals surface area (Å²) < 4.78 is 0. The SMILES string of the molecule is CCCCN(CCCC)c1cc(CO)cc(C(C)C)n1. The third-order valence-corrected chi connectivity index (χ3v) is 3.55. The Bertz CT molecular complexity index is 383. The minimum atomic E-state index is 0.0879. The molecule has 1 aromatic heterocycles. The van der Waals surface area contributed by atoms with Crippen LogP contribution in [-0.2, 0) is 6.61 Å². The second kappa shape index (κ2) is 8.96. The minimum Gasteiger partial charge on any atom is -0.392 e. The highest BCUT2D eigenvalue weighted by Gasteiger charge is 2.11. The molecule has 1 rings (SSSR count). The van der Waals surface area contributed by atoms with Gasteiger partial charge in [0.25, 0.3) is 0 Å². The number of aliphatic hydroxyl groups excluding tert-OH is 1. The van der Waals surface area contributed by atoms with E-state index >= 15 is 0 Å². The van der Waals surface area contributed by atoms with E-state index in [1.807, 2.05) is 12.1 Å². The lowest BCUT2D eigenvalue weighted by atomic mass is 10.1. The first-order valence-corrected chi connectivity index (χ1v) is 7.99. The van der Waals surface area contributed by atoms with E-state index in [1.54, 1.807) is 0 Å². The molecule has 0 saturated carbocycles. The van der Waals surface area contributed by atoms with E-state index in [2.05, 4.69) is 32.6 Å². The lowest BCUT2D eigenvalue weighted by Crippen LogP contribution is -2.27. The zero-order valence-corrected chi connectivity index (χ0v) is 13.5. The van der Waals surface area contributed by atoms with E-state index in [0.29, 0.717) is 5.92 Å². The van der Waals surface area contributed by atoms with Gasteiger partial charge in [-0.1, -0.05) is 40.5 Å². The first-order valence-electron chi connectivity index (χ1n) is 7.99. The Morgan fingerprint density at radius 2 is 1.70 bits per heavy atom. The van der Waals surface area contributed by atoms with Crippen molar-refractivity contribution in [2.45, 2.75) is 65.9 Å². The molecular weight excluding hydrogens is 248 g/mol. The summed E-state index contributed by atoms with van der Waals surface area (Å²) in [6.45, 7) is 10.9. The highest BCUT2D eigenvalue weighted by Crippen LogP contribution is 2.21. The second-order valence-electron chi connectivity index (χ2n) is 5.77. The maximum absolute atomic E-state index is 9.46. The fraction of sp³-hybridized carbons (Fsp3) is 0.706. The molecule has 0 aliphatic heterocycles. The van der Waals surface area contributed by atoms with Crippen LogP contribution in [0.1, 0.15) is 70.6 Å².